The molecule has 1 aliphatic heterocycles. The van der Waals surface area contributed by atoms with Crippen molar-refractivity contribution in [2.75, 3.05) is 5.32 Å². The van der Waals surface area contributed by atoms with Crippen LogP contribution in [0, 0.1) is 19.7 Å². The number of carbonyl (C=O) groups is 1. The largest absolute Gasteiger partial charge is 0.352 e. The Bertz CT molecular complexity index is 1700. The normalized spacial score (nSPS) is 19.3. The highest BCUT2D eigenvalue weighted by Crippen LogP contribution is 2.55. The predicted molar refractivity (Wildman–Crippen MR) is 139 cm³/mol. The summed E-state index contributed by atoms with van der Waals surface area (Å²) in [4.78, 5) is 29.6. The number of amides is 1. The van der Waals surface area contributed by atoms with E-state index in [1.807, 2.05) is 19.9 Å². The first-order chi connectivity index (χ1) is 18.1. The fraction of sp³-hybridized carbons (Fsp3) is 0.207. The van der Waals surface area contributed by atoms with E-state index in [1.165, 1.54) is 34.9 Å². The number of hydrogen-bond acceptors (Lipinski definition) is 3. The van der Waals surface area contributed by atoms with E-state index < -0.39 is 11.8 Å². The smallest absolute Gasteiger partial charge is 0.320 e. The zero-order valence-corrected chi connectivity index (χ0v) is 21.1. The second kappa shape index (κ2) is 8.56. The van der Waals surface area contributed by atoms with Crippen molar-refractivity contribution in [3.63, 3.8) is 0 Å². The molecular weight excluding hydrogens is 515 g/mol. The summed E-state index contributed by atoms with van der Waals surface area (Å²) >= 11 is 6.63. The molecule has 2 aromatic heterocycles. The molecule has 38 heavy (non-hydrogen) atoms. The summed E-state index contributed by atoms with van der Waals surface area (Å²) in [5.41, 5.74) is 3.97. The van der Waals surface area contributed by atoms with E-state index in [2.05, 4.69) is 10.3 Å². The number of alkyl halides is 2. The van der Waals surface area contributed by atoms with Crippen molar-refractivity contribution in [2.24, 2.45) is 0 Å². The average Bonchev–Trinajstić information content (AvgIpc) is 3.64. The number of nitrogens with one attached hydrogen (secondary N) is 1. The van der Waals surface area contributed by atoms with E-state index in [0.717, 1.165) is 23.1 Å². The van der Waals surface area contributed by atoms with Gasteiger partial charge in [0, 0.05) is 17.5 Å². The Labute approximate surface area is 220 Å². The third-order valence-electron chi connectivity index (χ3n) is 7.35. The molecule has 2 atom stereocenters. The lowest BCUT2D eigenvalue weighted by Gasteiger charge is -2.17. The Morgan fingerprint density at radius 1 is 1.03 bits per heavy atom. The van der Waals surface area contributed by atoms with E-state index in [-0.39, 0.29) is 39.5 Å². The average molecular weight is 536 g/mol. The van der Waals surface area contributed by atoms with Crippen LogP contribution in [0.15, 0.2) is 65.6 Å². The molecule has 0 spiro atoms. The highest BCUT2D eigenvalue weighted by molar-refractivity contribution is 6.31. The summed E-state index contributed by atoms with van der Waals surface area (Å²) in [5.74, 6) is -5.00. The van der Waals surface area contributed by atoms with Gasteiger partial charge in [-0.15, -0.1) is 0 Å². The van der Waals surface area contributed by atoms with Gasteiger partial charge in [-0.05, 0) is 85.2 Å². The van der Waals surface area contributed by atoms with E-state index in [4.69, 9.17) is 11.6 Å². The van der Waals surface area contributed by atoms with Crippen LogP contribution in [-0.2, 0) is 10.7 Å². The topological polar surface area (TPSA) is 64.0 Å². The second-order valence-corrected chi connectivity index (χ2v) is 10.2. The van der Waals surface area contributed by atoms with Crippen molar-refractivity contribution >= 4 is 23.2 Å². The number of halogens is 4. The maximum atomic E-state index is 14.1. The molecule has 0 unspecified atom stereocenters. The summed E-state index contributed by atoms with van der Waals surface area (Å²) in [5, 5.41) is 2.34. The molecule has 0 radical (unpaired) electrons. The molecule has 2 aromatic carbocycles. The second-order valence-electron chi connectivity index (χ2n) is 9.84. The number of anilines is 1. The van der Waals surface area contributed by atoms with Gasteiger partial charge in [0.15, 0.2) is 0 Å². The molecule has 5 nitrogen and oxygen atoms in total. The minimum absolute atomic E-state index is 0.0299. The number of hydrogen-bond donors (Lipinski definition) is 1. The van der Waals surface area contributed by atoms with Crippen LogP contribution in [0.2, 0.25) is 5.02 Å². The van der Waals surface area contributed by atoms with Gasteiger partial charge in [0.2, 0.25) is 0 Å². The molecule has 192 valence electrons. The van der Waals surface area contributed by atoms with Gasteiger partial charge in [0.05, 0.1) is 22.6 Å². The van der Waals surface area contributed by atoms with Crippen molar-refractivity contribution < 1.29 is 18.0 Å². The van der Waals surface area contributed by atoms with Crippen LogP contribution >= 0.6 is 11.6 Å². The minimum Gasteiger partial charge on any atom is -0.320 e. The van der Waals surface area contributed by atoms with Gasteiger partial charge >= 0.3 is 5.92 Å². The molecule has 1 aliphatic carbocycles. The van der Waals surface area contributed by atoms with Crippen molar-refractivity contribution in [2.45, 2.75) is 38.0 Å². The first kappa shape index (κ1) is 24.4. The van der Waals surface area contributed by atoms with Crippen LogP contribution in [0.3, 0.4) is 0 Å². The van der Waals surface area contributed by atoms with Crippen molar-refractivity contribution in [3.05, 3.63) is 110 Å². The summed E-state index contributed by atoms with van der Waals surface area (Å²) in [7, 11) is 0. The maximum absolute atomic E-state index is 14.1. The summed E-state index contributed by atoms with van der Waals surface area (Å²) in [6.45, 7) is 3.64. The monoisotopic (exact) mass is 535 g/mol. The van der Waals surface area contributed by atoms with Gasteiger partial charge in [-0.1, -0.05) is 29.8 Å². The summed E-state index contributed by atoms with van der Waals surface area (Å²) in [6.07, 6.45) is 2.42. The lowest BCUT2D eigenvalue weighted by Crippen LogP contribution is -2.23. The first-order valence-corrected chi connectivity index (χ1v) is 12.4. The standard InChI is InChI=1S/C29H21ClF3N3O2/c1-14-13-34-23(17-5-8-22-24(10-17)35-28(38)29(22,32)33)12-25(14)36-15(2)9-21(26(30)27(36)37)20-11-19(20)16-3-6-18(31)7-4-16/h3-10,12-13,19-20H,11H2,1-2H3,(H,35,38)/t19-,20+/m1/s1. The van der Waals surface area contributed by atoms with Gasteiger partial charge < -0.3 is 5.32 Å². The molecule has 2 aliphatic rings. The summed E-state index contributed by atoms with van der Waals surface area (Å²) in [6, 6.07) is 14.1. The van der Waals surface area contributed by atoms with Crippen LogP contribution in [-0.4, -0.2) is 15.5 Å². The number of fused-ring (bicyclic) bond motifs is 1. The van der Waals surface area contributed by atoms with E-state index >= 15 is 0 Å². The Hall–Kier alpha value is -3.91. The minimum atomic E-state index is -3.58. The van der Waals surface area contributed by atoms with Crippen LogP contribution in [0.25, 0.3) is 16.9 Å². The number of aromatic nitrogens is 2. The van der Waals surface area contributed by atoms with Crippen LogP contribution < -0.4 is 10.9 Å². The van der Waals surface area contributed by atoms with Crippen molar-refractivity contribution in [1.29, 1.82) is 0 Å². The fourth-order valence-corrected chi connectivity index (χ4v) is 5.52. The third-order valence-corrected chi connectivity index (χ3v) is 7.73. The lowest BCUT2D eigenvalue weighted by atomic mass is 10.0. The zero-order valence-electron chi connectivity index (χ0n) is 20.4. The molecule has 1 N–H and O–H groups in total. The Kier molecular flexibility index (Phi) is 5.50. The molecule has 9 heteroatoms. The van der Waals surface area contributed by atoms with E-state index in [0.29, 0.717) is 22.6 Å². The maximum Gasteiger partial charge on any atom is 0.352 e. The Morgan fingerprint density at radius 2 is 1.76 bits per heavy atom. The van der Waals surface area contributed by atoms with Crippen molar-refractivity contribution in [1.82, 2.24) is 9.55 Å². The highest BCUT2D eigenvalue weighted by Gasteiger charge is 2.48. The van der Waals surface area contributed by atoms with Gasteiger partial charge in [0.25, 0.3) is 11.5 Å². The van der Waals surface area contributed by atoms with E-state index in [9.17, 15) is 22.8 Å². The Balaban J connectivity index is 1.37. The number of benzene rings is 2. The lowest BCUT2D eigenvalue weighted by molar-refractivity contribution is -0.139. The summed E-state index contributed by atoms with van der Waals surface area (Å²) < 4.78 is 43.0. The zero-order chi connectivity index (χ0) is 26.9. The van der Waals surface area contributed by atoms with Crippen LogP contribution in [0.1, 0.15) is 46.2 Å². The number of aryl methyl sites for hydroxylation is 2. The van der Waals surface area contributed by atoms with Gasteiger partial charge in [-0.25, -0.2) is 4.39 Å². The number of rotatable bonds is 4. The molecule has 1 saturated carbocycles. The number of pyridine rings is 2. The van der Waals surface area contributed by atoms with Gasteiger partial charge in [-0.3, -0.25) is 19.1 Å². The molecule has 0 bridgehead atoms. The third kappa shape index (κ3) is 3.82. The van der Waals surface area contributed by atoms with Gasteiger partial charge in [-0.2, -0.15) is 8.78 Å². The number of carbonyl (C=O) groups excluding carboxylic acids is 1. The quantitative estimate of drug-likeness (QED) is 0.319. The Morgan fingerprint density at radius 3 is 2.50 bits per heavy atom. The van der Waals surface area contributed by atoms with E-state index in [1.54, 1.807) is 24.4 Å². The predicted octanol–water partition coefficient (Wildman–Crippen LogP) is 6.62. The molecule has 0 saturated heterocycles. The fourth-order valence-electron chi connectivity index (χ4n) is 5.24. The highest BCUT2D eigenvalue weighted by atomic mass is 35.5. The first-order valence-electron chi connectivity index (χ1n) is 12.0. The molecule has 6 rings (SSSR count). The van der Waals surface area contributed by atoms with Crippen LogP contribution in [0.5, 0.6) is 0 Å². The van der Waals surface area contributed by atoms with Crippen molar-refractivity contribution in [3.8, 4) is 16.9 Å². The SMILES string of the molecule is Cc1cnc(-c2ccc3c(c2)NC(=O)C3(F)F)cc1-n1c(C)cc([C@H]2C[C@@H]2c2ccc(F)cc2)c(Cl)c1=O. The van der Waals surface area contributed by atoms with Crippen LogP contribution in [0.4, 0.5) is 18.9 Å². The molecule has 3 heterocycles. The molecular formula is C29H21ClF3N3O2. The van der Waals surface area contributed by atoms with Gasteiger partial charge in [0.1, 0.15) is 10.8 Å². The molecule has 1 amide bonds. The molecule has 4 aromatic rings. The molecule has 1 fully saturated rings. The number of nitrogens with zero attached hydrogens (tertiary/aromatic N) is 2.